The van der Waals surface area contributed by atoms with Gasteiger partial charge in [0.15, 0.2) is 6.61 Å². The fourth-order valence-electron chi connectivity index (χ4n) is 2.30. The number of esters is 1. The molecule has 0 heterocycles. The molecule has 0 saturated heterocycles. The van der Waals surface area contributed by atoms with Gasteiger partial charge in [-0.25, -0.2) is 4.79 Å². The Hall–Kier alpha value is -3.41. The van der Waals surface area contributed by atoms with Crippen molar-refractivity contribution in [3.63, 3.8) is 0 Å². The second kappa shape index (κ2) is 10.6. The maximum absolute atomic E-state index is 12.2. The molecule has 0 aliphatic carbocycles. The lowest BCUT2D eigenvalue weighted by Gasteiger charge is -2.09. The van der Waals surface area contributed by atoms with Gasteiger partial charge in [0.2, 0.25) is 5.91 Å². The van der Waals surface area contributed by atoms with Crippen molar-refractivity contribution < 1.29 is 19.1 Å². The average molecular weight is 366 g/mol. The second-order valence-electron chi connectivity index (χ2n) is 5.81. The molecule has 0 aromatic heterocycles. The molecule has 0 radical (unpaired) electrons. The third kappa shape index (κ3) is 7.56. The molecule has 140 valence electrons. The first-order valence-corrected chi connectivity index (χ1v) is 8.56. The topological polar surface area (TPSA) is 84.5 Å². The van der Waals surface area contributed by atoms with Crippen molar-refractivity contribution >= 4 is 23.9 Å². The summed E-state index contributed by atoms with van der Waals surface area (Å²) >= 11 is 0. The molecular weight excluding hydrogens is 344 g/mol. The number of nitrogens with one attached hydrogen (secondary N) is 2. The number of carbonyl (C=O) groups is 3. The lowest BCUT2D eigenvalue weighted by molar-refractivity contribution is -0.145. The fourth-order valence-corrected chi connectivity index (χ4v) is 2.30. The number of carbonyl (C=O) groups excluding carboxylic acids is 3. The molecule has 2 aromatic rings. The van der Waals surface area contributed by atoms with Gasteiger partial charge in [-0.1, -0.05) is 60.7 Å². The van der Waals surface area contributed by atoms with E-state index >= 15 is 0 Å². The SMILES string of the molecule is CC(=O)NC(=Cc1ccccc1)C(=O)OCC(=O)NCCc1ccccc1. The maximum Gasteiger partial charge on any atom is 0.355 e. The molecule has 0 saturated carbocycles. The standard InChI is InChI=1S/C21H22N2O4/c1-16(24)23-19(14-18-10-6-3-7-11-18)21(26)27-15-20(25)22-13-12-17-8-4-2-5-9-17/h2-11,14H,12-13,15H2,1H3,(H,22,25)(H,23,24). The summed E-state index contributed by atoms with van der Waals surface area (Å²) < 4.78 is 5.01. The van der Waals surface area contributed by atoms with E-state index in [1.165, 1.54) is 13.0 Å². The summed E-state index contributed by atoms with van der Waals surface area (Å²) in [6, 6.07) is 18.8. The molecule has 2 N–H and O–H groups in total. The zero-order valence-corrected chi connectivity index (χ0v) is 15.1. The minimum absolute atomic E-state index is 0.0224. The van der Waals surface area contributed by atoms with Crippen molar-refractivity contribution in [2.45, 2.75) is 13.3 Å². The van der Waals surface area contributed by atoms with Gasteiger partial charge in [0, 0.05) is 13.5 Å². The van der Waals surface area contributed by atoms with E-state index in [4.69, 9.17) is 4.74 Å². The number of hydrogen-bond donors (Lipinski definition) is 2. The normalized spacial score (nSPS) is 10.8. The third-order valence-electron chi connectivity index (χ3n) is 3.55. The first kappa shape index (κ1) is 19.9. The molecule has 0 bridgehead atoms. The molecule has 6 heteroatoms. The van der Waals surface area contributed by atoms with Gasteiger partial charge >= 0.3 is 5.97 Å². The third-order valence-corrected chi connectivity index (χ3v) is 3.55. The minimum atomic E-state index is -0.771. The van der Waals surface area contributed by atoms with Crippen LogP contribution in [0.3, 0.4) is 0 Å². The Morgan fingerprint density at radius 2 is 1.59 bits per heavy atom. The fraction of sp³-hybridized carbons (Fsp3) is 0.190. The Bertz CT molecular complexity index is 801. The van der Waals surface area contributed by atoms with E-state index in [9.17, 15) is 14.4 Å². The largest absolute Gasteiger partial charge is 0.451 e. The van der Waals surface area contributed by atoms with Crippen molar-refractivity contribution in [3.05, 3.63) is 77.5 Å². The summed E-state index contributed by atoms with van der Waals surface area (Å²) in [6.45, 7) is 1.32. The minimum Gasteiger partial charge on any atom is -0.451 e. The Morgan fingerprint density at radius 3 is 2.22 bits per heavy atom. The molecule has 27 heavy (non-hydrogen) atoms. The number of rotatable bonds is 8. The first-order valence-electron chi connectivity index (χ1n) is 8.56. The Morgan fingerprint density at radius 1 is 0.963 bits per heavy atom. The van der Waals surface area contributed by atoms with Crippen LogP contribution in [0, 0.1) is 0 Å². The summed E-state index contributed by atoms with van der Waals surface area (Å²) in [5, 5.41) is 5.13. The van der Waals surface area contributed by atoms with Crippen LogP contribution < -0.4 is 10.6 Å². The van der Waals surface area contributed by atoms with Crippen LogP contribution in [-0.4, -0.2) is 30.9 Å². The average Bonchev–Trinajstić information content (AvgIpc) is 2.67. The lowest BCUT2D eigenvalue weighted by Crippen LogP contribution is -2.32. The van der Waals surface area contributed by atoms with Crippen LogP contribution in [0.5, 0.6) is 0 Å². The van der Waals surface area contributed by atoms with Crippen LogP contribution >= 0.6 is 0 Å². The first-order chi connectivity index (χ1) is 13.0. The molecule has 2 aromatic carbocycles. The van der Waals surface area contributed by atoms with E-state index < -0.39 is 24.4 Å². The number of benzene rings is 2. The molecule has 0 aliphatic heterocycles. The Balaban J connectivity index is 1.84. The zero-order valence-electron chi connectivity index (χ0n) is 15.1. The number of hydrogen-bond acceptors (Lipinski definition) is 4. The van der Waals surface area contributed by atoms with Crippen molar-refractivity contribution in [2.24, 2.45) is 0 Å². The summed E-state index contributed by atoms with van der Waals surface area (Å²) in [4.78, 5) is 35.4. The molecular formula is C21H22N2O4. The van der Waals surface area contributed by atoms with Crippen LogP contribution in [0.25, 0.3) is 6.08 Å². The van der Waals surface area contributed by atoms with E-state index in [0.717, 1.165) is 11.1 Å². The molecule has 0 atom stereocenters. The lowest BCUT2D eigenvalue weighted by atomic mass is 10.1. The van der Waals surface area contributed by atoms with Crippen molar-refractivity contribution in [3.8, 4) is 0 Å². The summed E-state index contributed by atoms with van der Waals surface area (Å²) in [6.07, 6.45) is 2.18. The summed E-state index contributed by atoms with van der Waals surface area (Å²) in [5.41, 5.74) is 1.81. The van der Waals surface area contributed by atoms with Gasteiger partial charge in [-0.15, -0.1) is 0 Å². The predicted octanol–water partition coefficient (Wildman–Crippen LogP) is 2.07. The monoisotopic (exact) mass is 366 g/mol. The number of amides is 2. The highest BCUT2D eigenvalue weighted by atomic mass is 16.5. The molecule has 2 rings (SSSR count). The van der Waals surface area contributed by atoms with Gasteiger partial charge < -0.3 is 15.4 Å². The molecule has 0 aliphatic rings. The highest BCUT2D eigenvalue weighted by molar-refractivity contribution is 5.98. The van der Waals surface area contributed by atoms with E-state index in [1.807, 2.05) is 48.5 Å². The van der Waals surface area contributed by atoms with Crippen molar-refractivity contribution in [1.29, 1.82) is 0 Å². The maximum atomic E-state index is 12.2. The van der Waals surface area contributed by atoms with Crippen LogP contribution in [-0.2, 0) is 25.5 Å². The number of ether oxygens (including phenoxy) is 1. The van der Waals surface area contributed by atoms with Crippen LogP contribution in [0.15, 0.2) is 66.4 Å². The highest BCUT2D eigenvalue weighted by Gasteiger charge is 2.14. The van der Waals surface area contributed by atoms with E-state index in [2.05, 4.69) is 10.6 Å². The quantitative estimate of drug-likeness (QED) is 0.553. The van der Waals surface area contributed by atoms with E-state index in [-0.39, 0.29) is 5.70 Å². The van der Waals surface area contributed by atoms with Gasteiger partial charge in [0.1, 0.15) is 5.70 Å². The van der Waals surface area contributed by atoms with Crippen molar-refractivity contribution in [2.75, 3.05) is 13.2 Å². The van der Waals surface area contributed by atoms with Gasteiger partial charge in [0.05, 0.1) is 0 Å². The highest BCUT2D eigenvalue weighted by Crippen LogP contribution is 2.06. The molecule has 6 nitrogen and oxygen atoms in total. The molecule has 0 unspecified atom stereocenters. The predicted molar refractivity (Wildman–Crippen MR) is 102 cm³/mol. The Labute approximate surface area is 158 Å². The molecule has 2 amide bonds. The van der Waals surface area contributed by atoms with E-state index in [1.54, 1.807) is 12.1 Å². The molecule has 0 spiro atoms. The second-order valence-corrected chi connectivity index (χ2v) is 5.81. The van der Waals surface area contributed by atoms with Gasteiger partial charge in [-0.3, -0.25) is 9.59 Å². The van der Waals surface area contributed by atoms with Crippen LogP contribution in [0.4, 0.5) is 0 Å². The Kier molecular flexibility index (Phi) is 7.78. The zero-order chi connectivity index (χ0) is 19.5. The van der Waals surface area contributed by atoms with Gasteiger partial charge in [-0.05, 0) is 23.6 Å². The van der Waals surface area contributed by atoms with Gasteiger partial charge in [0.25, 0.3) is 5.91 Å². The smallest absolute Gasteiger partial charge is 0.355 e. The van der Waals surface area contributed by atoms with Crippen LogP contribution in [0.1, 0.15) is 18.1 Å². The summed E-state index contributed by atoms with van der Waals surface area (Å²) in [5.74, 6) is -1.57. The van der Waals surface area contributed by atoms with Crippen LogP contribution in [0.2, 0.25) is 0 Å². The van der Waals surface area contributed by atoms with Crippen molar-refractivity contribution in [1.82, 2.24) is 10.6 Å². The van der Waals surface area contributed by atoms with E-state index in [0.29, 0.717) is 13.0 Å². The molecule has 0 fully saturated rings. The summed E-state index contributed by atoms with van der Waals surface area (Å²) in [7, 11) is 0. The van der Waals surface area contributed by atoms with Gasteiger partial charge in [-0.2, -0.15) is 0 Å².